The molecule has 0 spiro atoms. The number of unbranched alkanes of at least 4 members (excludes halogenated alkanes) is 2. The minimum atomic E-state index is 0. The molecule has 130 valence electrons. The fourth-order valence-corrected chi connectivity index (χ4v) is 2.35. The highest BCUT2D eigenvalue weighted by atomic mass is 127. The van der Waals surface area contributed by atoms with Crippen LogP contribution in [0.4, 0.5) is 5.69 Å². The van der Waals surface area contributed by atoms with Crippen LogP contribution < -0.4 is 15.8 Å². The van der Waals surface area contributed by atoms with Gasteiger partial charge in [0.1, 0.15) is 5.75 Å². The number of guanidine groups is 1. The van der Waals surface area contributed by atoms with Crippen LogP contribution in [-0.4, -0.2) is 19.6 Å². The number of nitrogens with two attached hydrogens (primary N) is 1. The molecule has 2 aromatic rings. The van der Waals surface area contributed by atoms with E-state index >= 15 is 0 Å². The van der Waals surface area contributed by atoms with Crippen LogP contribution >= 0.6 is 24.0 Å². The number of aryl methyl sites for hydroxylation is 1. The van der Waals surface area contributed by atoms with Crippen LogP contribution in [0.5, 0.6) is 5.75 Å². The molecule has 0 amide bonds. The van der Waals surface area contributed by atoms with Crippen molar-refractivity contribution < 1.29 is 4.74 Å². The Bertz CT molecular complexity index is 617. The van der Waals surface area contributed by atoms with E-state index in [2.05, 4.69) is 40.6 Å². The van der Waals surface area contributed by atoms with E-state index in [1.807, 2.05) is 24.3 Å². The average molecular weight is 439 g/mol. The van der Waals surface area contributed by atoms with Crippen molar-refractivity contribution in [2.75, 3.05) is 19.0 Å². The quantitative estimate of drug-likeness (QED) is 0.277. The van der Waals surface area contributed by atoms with Gasteiger partial charge in [-0.25, -0.2) is 0 Å². The second-order valence-electron chi connectivity index (χ2n) is 5.42. The van der Waals surface area contributed by atoms with Crippen LogP contribution in [0.25, 0.3) is 0 Å². The molecule has 0 fully saturated rings. The smallest absolute Gasteiger partial charge is 0.193 e. The van der Waals surface area contributed by atoms with Crippen molar-refractivity contribution >= 4 is 35.6 Å². The number of anilines is 1. The second-order valence-corrected chi connectivity index (χ2v) is 5.42. The first-order chi connectivity index (χ1) is 11.3. The third-order valence-corrected chi connectivity index (χ3v) is 3.59. The number of hydrogen-bond acceptors (Lipinski definition) is 2. The molecule has 5 heteroatoms. The van der Waals surface area contributed by atoms with Crippen LogP contribution in [0.1, 0.15) is 24.8 Å². The summed E-state index contributed by atoms with van der Waals surface area (Å²) in [7, 11) is 1.64. The Hall–Kier alpha value is -1.76. The summed E-state index contributed by atoms with van der Waals surface area (Å²) >= 11 is 0. The maximum absolute atomic E-state index is 5.90. The monoisotopic (exact) mass is 439 g/mol. The molecule has 2 rings (SSSR count). The van der Waals surface area contributed by atoms with Gasteiger partial charge in [0, 0.05) is 18.3 Å². The standard InChI is InChI=1S/C19H25N3O.HI/c1-23-18-13-8-12-17(15-18)22-19(20)21-14-7-3-6-11-16-9-4-2-5-10-16;/h2,4-5,8-10,12-13,15H,3,6-7,11,14H2,1H3,(H3,20,21,22);1H. The molecule has 0 unspecified atom stereocenters. The molecule has 4 nitrogen and oxygen atoms in total. The predicted molar refractivity (Wildman–Crippen MR) is 113 cm³/mol. The maximum Gasteiger partial charge on any atom is 0.193 e. The zero-order chi connectivity index (χ0) is 16.3. The van der Waals surface area contributed by atoms with Crippen LogP contribution in [-0.2, 0) is 6.42 Å². The van der Waals surface area contributed by atoms with Gasteiger partial charge in [0.25, 0.3) is 0 Å². The van der Waals surface area contributed by atoms with Gasteiger partial charge < -0.3 is 15.8 Å². The molecule has 0 saturated heterocycles. The predicted octanol–water partition coefficient (Wildman–Crippen LogP) is 4.45. The van der Waals surface area contributed by atoms with E-state index in [9.17, 15) is 0 Å². The van der Waals surface area contributed by atoms with Gasteiger partial charge in [0.05, 0.1) is 7.11 Å². The number of nitrogens with one attached hydrogen (secondary N) is 1. The Balaban J connectivity index is 0.00000288. The maximum atomic E-state index is 5.90. The molecule has 3 N–H and O–H groups in total. The Morgan fingerprint density at radius 2 is 1.83 bits per heavy atom. The Kier molecular flexibility index (Phi) is 9.91. The minimum Gasteiger partial charge on any atom is -0.497 e. The van der Waals surface area contributed by atoms with Crippen molar-refractivity contribution in [3.8, 4) is 5.75 Å². The zero-order valence-electron chi connectivity index (χ0n) is 14.1. The van der Waals surface area contributed by atoms with Gasteiger partial charge >= 0.3 is 0 Å². The molecular formula is C19H26IN3O. The molecule has 0 radical (unpaired) electrons. The summed E-state index contributed by atoms with van der Waals surface area (Å²) in [6.45, 7) is 0.748. The van der Waals surface area contributed by atoms with E-state index in [-0.39, 0.29) is 24.0 Å². The second kappa shape index (κ2) is 11.7. The number of benzene rings is 2. The molecular weight excluding hydrogens is 413 g/mol. The number of halogens is 1. The van der Waals surface area contributed by atoms with Gasteiger partial charge in [-0.15, -0.1) is 24.0 Å². The zero-order valence-corrected chi connectivity index (χ0v) is 16.4. The fourth-order valence-electron chi connectivity index (χ4n) is 2.35. The van der Waals surface area contributed by atoms with Gasteiger partial charge in [-0.2, -0.15) is 0 Å². The van der Waals surface area contributed by atoms with E-state index in [1.54, 1.807) is 7.11 Å². The van der Waals surface area contributed by atoms with Crippen molar-refractivity contribution in [2.24, 2.45) is 10.7 Å². The van der Waals surface area contributed by atoms with Crippen LogP contribution in [0.15, 0.2) is 59.6 Å². The number of nitrogens with zero attached hydrogens (tertiary/aromatic N) is 1. The number of methoxy groups -OCH3 is 1. The van der Waals surface area contributed by atoms with E-state index < -0.39 is 0 Å². The summed E-state index contributed by atoms with van der Waals surface area (Å²) < 4.78 is 5.18. The molecule has 24 heavy (non-hydrogen) atoms. The minimum absolute atomic E-state index is 0. The van der Waals surface area contributed by atoms with Crippen molar-refractivity contribution in [2.45, 2.75) is 25.7 Å². The van der Waals surface area contributed by atoms with E-state index in [4.69, 9.17) is 10.5 Å². The van der Waals surface area contributed by atoms with Gasteiger partial charge in [0.15, 0.2) is 5.96 Å². The number of rotatable bonds is 8. The molecule has 0 bridgehead atoms. The van der Waals surface area contributed by atoms with Gasteiger partial charge in [0.2, 0.25) is 0 Å². The normalized spacial score (nSPS) is 10.8. The molecule has 0 aliphatic carbocycles. The Morgan fingerprint density at radius 3 is 2.58 bits per heavy atom. The number of ether oxygens (including phenoxy) is 1. The third-order valence-electron chi connectivity index (χ3n) is 3.59. The highest BCUT2D eigenvalue weighted by Crippen LogP contribution is 2.16. The fraction of sp³-hybridized carbons (Fsp3) is 0.316. The highest BCUT2D eigenvalue weighted by Gasteiger charge is 1.97. The van der Waals surface area contributed by atoms with Crippen molar-refractivity contribution in [3.63, 3.8) is 0 Å². The molecule has 0 saturated carbocycles. The lowest BCUT2D eigenvalue weighted by Crippen LogP contribution is -2.22. The number of hydrogen-bond donors (Lipinski definition) is 2. The largest absolute Gasteiger partial charge is 0.497 e. The lowest BCUT2D eigenvalue weighted by Gasteiger charge is -2.07. The van der Waals surface area contributed by atoms with Crippen LogP contribution in [0.2, 0.25) is 0 Å². The summed E-state index contributed by atoms with van der Waals surface area (Å²) in [5.41, 5.74) is 8.18. The first kappa shape index (κ1) is 20.3. The van der Waals surface area contributed by atoms with Gasteiger partial charge in [-0.1, -0.05) is 42.8 Å². The number of aliphatic imine (C=N–C) groups is 1. The topological polar surface area (TPSA) is 59.6 Å². The van der Waals surface area contributed by atoms with Crippen LogP contribution in [0.3, 0.4) is 0 Å². The lowest BCUT2D eigenvalue weighted by atomic mass is 10.1. The SMILES string of the molecule is COc1cccc(NC(N)=NCCCCCc2ccccc2)c1.I. The van der Waals surface area contributed by atoms with Gasteiger partial charge in [-0.3, -0.25) is 4.99 Å². The molecule has 0 aromatic heterocycles. The molecule has 0 heterocycles. The lowest BCUT2D eigenvalue weighted by molar-refractivity contribution is 0.415. The summed E-state index contributed by atoms with van der Waals surface area (Å²) in [5, 5.41) is 3.08. The first-order valence-electron chi connectivity index (χ1n) is 8.03. The Labute approximate surface area is 161 Å². The third kappa shape index (κ3) is 7.68. The van der Waals surface area contributed by atoms with Crippen molar-refractivity contribution in [1.29, 1.82) is 0 Å². The molecule has 0 atom stereocenters. The molecule has 0 aliphatic heterocycles. The highest BCUT2D eigenvalue weighted by molar-refractivity contribution is 14.0. The summed E-state index contributed by atoms with van der Waals surface area (Å²) in [6.07, 6.45) is 4.52. The van der Waals surface area contributed by atoms with Crippen LogP contribution in [0, 0.1) is 0 Å². The summed E-state index contributed by atoms with van der Waals surface area (Å²) in [6, 6.07) is 18.2. The van der Waals surface area contributed by atoms with E-state index in [1.165, 1.54) is 12.0 Å². The molecule has 2 aromatic carbocycles. The first-order valence-corrected chi connectivity index (χ1v) is 8.03. The van der Waals surface area contributed by atoms with Crippen molar-refractivity contribution in [1.82, 2.24) is 0 Å². The van der Waals surface area contributed by atoms with Crippen molar-refractivity contribution in [3.05, 3.63) is 60.2 Å². The summed E-state index contributed by atoms with van der Waals surface area (Å²) in [5.74, 6) is 1.24. The van der Waals surface area contributed by atoms with E-state index in [0.29, 0.717) is 5.96 Å². The average Bonchev–Trinajstić information content (AvgIpc) is 2.59. The molecule has 0 aliphatic rings. The van der Waals surface area contributed by atoms with Gasteiger partial charge in [-0.05, 0) is 37.0 Å². The Morgan fingerprint density at radius 1 is 1.04 bits per heavy atom. The van der Waals surface area contributed by atoms with E-state index in [0.717, 1.165) is 37.2 Å². The summed E-state index contributed by atoms with van der Waals surface area (Å²) in [4.78, 5) is 4.36.